The van der Waals surface area contributed by atoms with E-state index in [2.05, 4.69) is 32.9 Å². The monoisotopic (exact) mass is 248 g/mol. The van der Waals surface area contributed by atoms with Gasteiger partial charge in [-0.25, -0.2) is 9.89 Å². The second-order valence-electron chi connectivity index (χ2n) is 4.95. The minimum atomic E-state index is -0.316. The van der Waals surface area contributed by atoms with Crippen molar-refractivity contribution in [2.75, 3.05) is 18.4 Å². The molecule has 96 valence electrons. The highest BCUT2D eigenvalue weighted by atomic mass is 16.2. The topological polar surface area (TPSA) is 87.1 Å². The van der Waals surface area contributed by atoms with Crippen LogP contribution >= 0.6 is 0 Å². The summed E-state index contributed by atoms with van der Waals surface area (Å²) in [6.07, 6.45) is 2.07. The molecule has 1 aliphatic rings. The van der Waals surface area contributed by atoms with E-state index in [1.807, 2.05) is 6.07 Å². The molecule has 0 unspecified atom stereocenters. The molecule has 2 aromatic rings. The number of rotatable bonds is 2. The largest absolute Gasteiger partial charge is 0.364 e. The van der Waals surface area contributed by atoms with Crippen LogP contribution in [0.2, 0.25) is 0 Å². The smallest absolute Gasteiger partial charge is 0.363 e. The van der Waals surface area contributed by atoms with Gasteiger partial charge in [0.2, 0.25) is 0 Å². The normalized spacial score (nSPS) is 18.9. The molecule has 0 aromatic carbocycles. The van der Waals surface area contributed by atoms with E-state index in [0.717, 1.165) is 25.9 Å². The molecule has 0 amide bonds. The molecule has 1 fully saturated rings. The minimum Gasteiger partial charge on any atom is -0.363 e. The number of hydrogen-bond donors (Lipinski definition) is 3. The van der Waals surface area contributed by atoms with Crippen LogP contribution in [0.1, 0.15) is 19.8 Å². The van der Waals surface area contributed by atoms with Crippen LogP contribution in [0.5, 0.6) is 0 Å². The molecule has 0 spiro atoms. The Morgan fingerprint density at radius 3 is 2.94 bits per heavy atom. The Kier molecular flexibility index (Phi) is 2.55. The summed E-state index contributed by atoms with van der Waals surface area (Å²) < 4.78 is 1.27. The van der Waals surface area contributed by atoms with E-state index in [4.69, 9.17) is 0 Å². The summed E-state index contributed by atoms with van der Waals surface area (Å²) in [4.78, 5) is 11.4. The van der Waals surface area contributed by atoms with Crippen molar-refractivity contribution >= 4 is 11.5 Å². The van der Waals surface area contributed by atoms with E-state index in [-0.39, 0.29) is 11.2 Å². The third-order valence-electron chi connectivity index (χ3n) is 3.41. The molecule has 7 heteroatoms. The van der Waals surface area contributed by atoms with Crippen LogP contribution in [0.4, 0.5) is 5.82 Å². The third kappa shape index (κ3) is 1.97. The first-order valence-electron chi connectivity index (χ1n) is 6.10. The quantitative estimate of drug-likeness (QED) is 0.695. The highest BCUT2D eigenvalue weighted by Gasteiger charge is 2.26. The average Bonchev–Trinajstić information content (AvgIpc) is 2.71. The Hall–Kier alpha value is -1.89. The maximum Gasteiger partial charge on any atom is 0.364 e. The zero-order valence-electron chi connectivity index (χ0n) is 10.2. The molecule has 2 aromatic heterocycles. The van der Waals surface area contributed by atoms with Crippen molar-refractivity contribution < 1.29 is 0 Å². The first kappa shape index (κ1) is 11.2. The van der Waals surface area contributed by atoms with Crippen molar-refractivity contribution in [3.8, 4) is 0 Å². The van der Waals surface area contributed by atoms with Crippen LogP contribution in [0.15, 0.2) is 16.9 Å². The van der Waals surface area contributed by atoms with E-state index in [9.17, 15) is 4.79 Å². The van der Waals surface area contributed by atoms with Gasteiger partial charge in [0.25, 0.3) is 0 Å². The number of hydrogen-bond acceptors (Lipinski definition) is 5. The molecular weight excluding hydrogens is 232 g/mol. The maximum absolute atomic E-state index is 11.4. The van der Waals surface area contributed by atoms with Gasteiger partial charge in [0.1, 0.15) is 5.82 Å². The molecule has 3 heterocycles. The zero-order valence-corrected chi connectivity index (χ0v) is 10.2. The van der Waals surface area contributed by atoms with Gasteiger partial charge in [-0.2, -0.15) is 9.61 Å². The van der Waals surface area contributed by atoms with Gasteiger partial charge < -0.3 is 10.6 Å². The summed E-state index contributed by atoms with van der Waals surface area (Å²) in [5.74, 6) is 0.704. The highest BCUT2D eigenvalue weighted by Crippen LogP contribution is 2.22. The Morgan fingerprint density at radius 2 is 2.17 bits per heavy atom. The standard InChI is InChI=1S/C11H16N6O/c1-11(4-6-12-7-5-11)13-8-2-3-9-14-15-10(18)17(9)16-8/h2-3,12H,4-7H2,1H3,(H,13,16)(H,15,18). The molecule has 0 aliphatic carbocycles. The lowest BCUT2D eigenvalue weighted by molar-refractivity contribution is 0.364. The molecule has 3 rings (SSSR count). The van der Waals surface area contributed by atoms with E-state index < -0.39 is 0 Å². The molecule has 0 saturated carbocycles. The zero-order chi connectivity index (χ0) is 12.6. The Morgan fingerprint density at radius 1 is 1.39 bits per heavy atom. The highest BCUT2D eigenvalue weighted by molar-refractivity contribution is 5.44. The Labute approximate surface area is 104 Å². The summed E-state index contributed by atoms with van der Waals surface area (Å²) in [5.41, 5.74) is 0.240. The lowest BCUT2D eigenvalue weighted by Crippen LogP contribution is -2.45. The van der Waals surface area contributed by atoms with Crippen LogP contribution in [-0.2, 0) is 0 Å². The molecule has 0 bridgehead atoms. The molecule has 18 heavy (non-hydrogen) atoms. The molecular formula is C11H16N6O. The Bertz CT molecular complexity index is 609. The summed E-state index contributed by atoms with van der Waals surface area (Å²) in [6.45, 7) is 4.17. The first-order chi connectivity index (χ1) is 8.66. The van der Waals surface area contributed by atoms with Crippen LogP contribution in [0.25, 0.3) is 5.65 Å². The van der Waals surface area contributed by atoms with Crippen molar-refractivity contribution in [2.24, 2.45) is 0 Å². The fourth-order valence-electron chi connectivity index (χ4n) is 2.28. The summed E-state index contributed by atoms with van der Waals surface area (Å²) in [5, 5.41) is 17.2. The van der Waals surface area contributed by atoms with E-state index in [1.165, 1.54) is 4.52 Å². The van der Waals surface area contributed by atoms with Crippen molar-refractivity contribution in [3.63, 3.8) is 0 Å². The summed E-state index contributed by atoms with van der Waals surface area (Å²) >= 11 is 0. The number of aromatic nitrogens is 4. The van der Waals surface area contributed by atoms with Gasteiger partial charge in [-0.15, -0.1) is 5.10 Å². The molecule has 1 aliphatic heterocycles. The predicted octanol–water partition coefficient (Wildman–Crippen LogP) is -0.0284. The number of anilines is 1. The number of aromatic amines is 1. The molecule has 0 radical (unpaired) electrons. The third-order valence-corrected chi connectivity index (χ3v) is 3.41. The van der Waals surface area contributed by atoms with Crippen LogP contribution in [0, 0.1) is 0 Å². The minimum absolute atomic E-state index is 0.0271. The van der Waals surface area contributed by atoms with E-state index in [1.54, 1.807) is 6.07 Å². The molecule has 7 nitrogen and oxygen atoms in total. The lowest BCUT2D eigenvalue weighted by atomic mass is 9.91. The van der Waals surface area contributed by atoms with Gasteiger partial charge in [-0.05, 0) is 45.0 Å². The van der Waals surface area contributed by atoms with Gasteiger partial charge in [-0.3, -0.25) is 0 Å². The van der Waals surface area contributed by atoms with E-state index >= 15 is 0 Å². The SMILES string of the molecule is CC1(Nc2ccc3n[nH]c(=O)n3n2)CCNCC1. The van der Waals surface area contributed by atoms with Crippen molar-refractivity contribution in [3.05, 3.63) is 22.6 Å². The number of piperidine rings is 1. The van der Waals surface area contributed by atoms with Gasteiger partial charge in [0, 0.05) is 5.54 Å². The number of nitrogens with one attached hydrogen (secondary N) is 3. The van der Waals surface area contributed by atoms with Gasteiger partial charge in [-0.1, -0.05) is 0 Å². The van der Waals surface area contributed by atoms with Crippen molar-refractivity contribution in [1.29, 1.82) is 0 Å². The summed E-state index contributed by atoms with van der Waals surface area (Å²) in [6, 6.07) is 3.63. The first-order valence-corrected chi connectivity index (χ1v) is 6.10. The average molecular weight is 248 g/mol. The van der Waals surface area contributed by atoms with E-state index in [0.29, 0.717) is 11.5 Å². The lowest BCUT2D eigenvalue weighted by Gasteiger charge is -2.35. The number of nitrogens with zero attached hydrogens (tertiary/aromatic N) is 3. The summed E-state index contributed by atoms with van der Waals surface area (Å²) in [7, 11) is 0. The van der Waals surface area contributed by atoms with Crippen LogP contribution < -0.4 is 16.3 Å². The van der Waals surface area contributed by atoms with Crippen molar-refractivity contribution in [1.82, 2.24) is 25.1 Å². The van der Waals surface area contributed by atoms with Gasteiger partial charge in [0.05, 0.1) is 0 Å². The van der Waals surface area contributed by atoms with Gasteiger partial charge >= 0.3 is 5.69 Å². The Balaban J connectivity index is 1.90. The molecule has 0 atom stereocenters. The fraction of sp³-hybridized carbons (Fsp3) is 0.545. The number of H-pyrrole nitrogens is 1. The van der Waals surface area contributed by atoms with Crippen LogP contribution in [0.3, 0.4) is 0 Å². The second-order valence-corrected chi connectivity index (χ2v) is 4.95. The predicted molar refractivity (Wildman–Crippen MR) is 67.7 cm³/mol. The fourth-order valence-corrected chi connectivity index (χ4v) is 2.28. The molecule has 3 N–H and O–H groups in total. The number of fused-ring (bicyclic) bond motifs is 1. The van der Waals surface area contributed by atoms with Gasteiger partial charge in [0.15, 0.2) is 5.65 Å². The maximum atomic E-state index is 11.4. The van der Waals surface area contributed by atoms with Crippen molar-refractivity contribution in [2.45, 2.75) is 25.3 Å². The van der Waals surface area contributed by atoms with Crippen LogP contribution in [-0.4, -0.2) is 38.4 Å². The molecule has 1 saturated heterocycles. The second kappa shape index (κ2) is 4.09.